The number of hydrogen-bond acceptors (Lipinski definition) is 3. The molecule has 0 atom stereocenters. The summed E-state index contributed by atoms with van der Waals surface area (Å²) in [7, 11) is -3.32. The van der Waals surface area contributed by atoms with E-state index in [1.807, 2.05) is 0 Å². The summed E-state index contributed by atoms with van der Waals surface area (Å²) in [6.07, 6.45) is 8.30. The predicted molar refractivity (Wildman–Crippen MR) is 83.8 cm³/mol. The minimum Gasteiger partial charge on any atom is -0.267 e. The van der Waals surface area contributed by atoms with E-state index in [-0.39, 0.29) is 6.10 Å². The minimum absolute atomic E-state index is 0.111. The molecule has 0 amide bonds. The molecular weight excluding hydrogens is 284 g/mol. The van der Waals surface area contributed by atoms with Crippen LogP contribution >= 0.6 is 0 Å². The standard InChI is InChI=1S/C17H24O3S/c1-3-13-4-5-14-11-17(12-15(14)10-13)8-6-16(7-9-17)20-21(2,18)19/h4-5,10,16H,3,6-9,11-12H2,1-2H3. The second kappa shape index (κ2) is 5.40. The van der Waals surface area contributed by atoms with Gasteiger partial charge in [0.25, 0.3) is 10.1 Å². The normalized spacial score (nSPS) is 28.8. The third-order valence-corrected chi connectivity index (χ3v) is 5.74. The van der Waals surface area contributed by atoms with Gasteiger partial charge in [0, 0.05) is 0 Å². The maximum atomic E-state index is 11.2. The van der Waals surface area contributed by atoms with E-state index in [4.69, 9.17) is 4.18 Å². The van der Waals surface area contributed by atoms with E-state index in [0.717, 1.165) is 51.2 Å². The van der Waals surface area contributed by atoms with Crippen LogP contribution in [-0.4, -0.2) is 20.8 Å². The molecule has 116 valence electrons. The van der Waals surface area contributed by atoms with Crippen LogP contribution in [0.3, 0.4) is 0 Å². The molecule has 3 nitrogen and oxygen atoms in total. The van der Waals surface area contributed by atoms with E-state index < -0.39 is 10.1 Å². The van der Waals surface area contributed by atoms with Crippen LogP contribution in [0.1, 0.15) is 49.3 Å². The van der Waals surface area contributed by atoms with E-state index in [2.05, 4.69) is 25.1 Å². The highest BCUT2D eigenvalue weighted by molar-refractivity contribution is 7.86. The number of fused-ring (bicyclic) bond motifs is 1. The molecule has 1 saturated carbocycles. The van der Waals surface area contributed by atoms with Crippen LogP contribution in [0.4, 0.5) is 0 Å². The highest BCUT2D eigenvalue weighted by atomic mass is 32.2. The Morgan fingerprint density at radius 2 is 1.86 bits per heavy atom. The number of benzene rings is 1. The van der Waals surface area contributed by atoms with Crippen molar-refractivity contribution >= 4 is 10.1 Å². The molecule has 1 spiro atoms. The summed E-state index contributed by atoms with van der Waals surface area (Å²) in [6.45, 7) is 2.19. The maximum Gasteiger partial charge on any atom is 0.264 e. The first-order valence-corrected chi connectivity index (χ1v) is 9.70. The highest BCUT2D eigenvalue weighted by Crippen LogP contribution is 2.48. The van der Waals surface area contributed by atoms with E-state index in [9.17, 15) is 8.42 Å². The Hall–Kier alpha value is -0.870. The Kier molecular flexibility index (Phi) is 3.87. The molecule has 0 aliphatic heterocycles. The summed E-state index contributed by atoms with van der Waals surface area (Å²) < 4.78 is 27.6. The summed E-state index contributed by atoms with van der Waals surface area (Å²) in [6, 6.07) is 6.90. The van der Waals surface area contributed by atoms with Crippen LogP contribution in [0.2, 0.25) is 0 Å². The quantitative estimate of drug-likeness (QED) is 0.805. The fourth-order valence-corrected chi connectivity index (χ4v) is 4.69. The van der Waals surface area contributed by atoms with E-state index >= 15 is 0 Å². The molecule has 2 aliphatic carbocycles. The van der Waals surface area contributed by atoms with Gasteiger partial charge in [0.15, 0.2) is 0 Å². The summed E-state index contributed by atoms with van der Waals surface area (Å²) in [5.41, 5.74) is 4.78. The summed E-state index contributed by atoms with van der Waals surface area (Å²) in [5.74, 6) is 0. The van der Waals surface area contributed by atoms with Crippen molar-refractivity contribution in [1.29, 1.82) is 0 Å². The average molecular weight is 308 g/mol. The molecule has 0 unspecified atom stereocenters. The molecule has 3 rings (SSSR count). The van der Waals surface area contributed by atoms with Gasteiger partial charge in [-0.1, -0.05) is 25.1 Å². The fraction of sp³-hybridized carbons (Fsp3) is 0.647. The van der Waals surface area contributed by atoms with Gasteiger partial charge < -0.3 is 0 Å². The Labute approximate surface area is 127 Å². The van der Waals surface area contributed by atoms with Crippen LogP contribution < -0.4 is 0 Å². The zero-order valence-corrected chi connectivity index (χ0v) is 13.7. The zero-order chi connectivity index (χ0) is 15.1. The maximum absolute atomic E-state index is 11.2. The third-order valence-electron chi connectivity index (χ3n) is 5.11. The molecule has 0 bridgehead atoms. The highest BCUT2D eigenvalue weighted by Gasteiger charge is 2.41. The van der Waals surface area contributed by atoms with E-state index in [0.29, 0.717) is 5.41 Å². The van der Waals surface area contributed by atoms with Gasteiger partial charge in [0.05, 0.1) is 12.4 Å². The number of hydrogen-bond donors (Lipinski definition) is 0. The van der Waals surface area contributed by atoms with Crippen molar-refractivity contribution in [3.63, 3.8) is 0 Å². The van der Waals surface area contributed by atoms with Crippen molar-refractivity contribution in [2.75, 3.05) is 6.26 Å². The zero-order valence-electron chi connectivity index (χ0n) is 12.9. The largest absolute Gasteiger partial charge is 0.267 e. The van der Waals surface area contributed by atoms with Crippen molar-refractivity contribution < 1.29 is 12.6 Å². The van der Waals surface area contributed by atoms with Crippen LogP contribution in [0.15, 0.2) is 18.2 Å². The lowest BCUT2D eigenvalue weighted by Crippen LogP contribution is -2.32. The summed E-state index contributed by atoms with van der Waals surface area (Å²) >= 11 is 0. The molecule has 0 aromatic heterocycles. The SMILES string of the molecule is CCc1ccc2c(c1)CC1(CCC(OS(C)(=O)=O)CC1)C2. The topological polar surface area (TPSA) is 43.4 Å². The molecule has 2 aliphatic rings. The molecular formula is C17H24O3S. The first-order chi connectivity index (χ1) is 9.89. The van der Waals surface area contributed by atoms with Crippen LogP contribution in [0, 0.1) is 5.41 Å². The molecule has 0 heterocycles. The van der Waals surface area contributed by atoms with Crippen LogP contribution in [-0.2, 0) is 33.6 Å². The van der Waals surface area contributed by atoms with Crippen LogP contribution in [0.25, 0.3) is 0 Å². The molecule has 1 aromatic carbocycles. The second-order valence-electron chi connectivity index (χ2n) is 6.81. The smallest absolute Gasteiger partial charge is 0.264 e. The van der Waals surface area contributed by atoms with Crippen molar-refractivity contribution in [2.45, 2.75) is 58.0 Å². The van der Waals surface area contributed by atoms with Gasteiger partial charge in [-0.2, -0.15) is 8.42 Å². The first-order valence-electron chi connectivity index (χ1n) is 7.88. The van der Waals surface area contributed by atoms with Gasteiger partial charge in [-0.05, 0) is 67.1 Å². The Morgan fingerprint density at radius 1 is 1.19 bits per heavy atom. The lowest BCUT2D eigenvalue weighted by Gasteiger charge is -2.36. The van der Waals surface area contributed by atoms with Crippen molar-refractivity contribution in [2.24, 2.45) is 5.41 Å². The molecule has 0 radical (unpaired) electrons. The van der Waals surface area contributed by atoms with E-state index in [1.165, 1.54) is 16.7 Å². The lowest BCUT2D eigenvalue weighted by atomic mass is 9.71. The number of aryl methyl sites for hydroxylation is 1. The Balaban J connectivity index is 1.67. The number of rotatable bonds is 3. The monoisotopic (exact) mass is 308 g/mol. The van der Waals surface area contributed by atoms with Gasteiger partial charge in [-0.3, -0.25) is 4.18 Å². The van der Waals surface area contributed by atoms with Gasteiger partial charge in [0.2, 0.25) is 0 Å². The molecule has 1 fully saturated rings. The Bertz CT molecular complexity index is 625. The predicted octanol–water partition coefficient (Wildman–Crippen LogP) is 3.25. The third kappa shape index (κ3) is 3.32. The lowest BCUT2D eigenvalue weighted by molar-refractivity contribution is 0.0896. The molecule has 1 aromatic rings. The fourth-order valence-electron chi connectivity index (χ4n) is 4.01. The Morgan fingerprint density at radius 3 is 2.48 bits per heavy atom. The first kappa shape index (κ1) is 15.0. The molecule has 0 saturated heterocycles. The van der Waals surface area contributed by atoms with Gasteiger partial charge in [0.1, 0.15) is 0 Å². The molecule has 21 heavy (non-hydrogen) atoms. The van der Waals surface area contributed by atoms with Crippen LogP contribution in [0.5, 0.6) is 0 Å². The summed E-state index contributed by atoms with van der Waals surface area (Å²) in [4.78, 5) is 0. The minimum atomic E-state index is -3.32. The molecule has 4 heteroatoms. The second-order valence-corrected chi connectivity index (χ2v) is 8.41. The van der Waals surface area contributed by atoms with Gasteiger partial charge in [-0.15, -0.1) is 0 Å². The van der Waals surface area contributed by atoms with Gasteiger partial charge in [-0.25, -0.2) is 0 Å². The van der Waals surface area contributed by atoms with Crippen molar-refractivity contribution in [3.8, 4) is 0 Å². The van der Waals surface area contributed by atoms with Gasteiger partial charge >= 0.3 is 0 Å². The molecule has 0 N–H and O–H groups in total. The summed E-state index contributed by atoms with van der Waals surface area (Å²) in [5, 5.41) is 0. The van der Waals surface area contributed by atoms with Crippen molar-refractivity contribution in [1.82, 2.24) is 0 Å². The van der Waals surface area contributed by atoms with E-state index in [1.54, 1.807) is 0 Å². The average Bonchev–Trinajstić information content (AvgIpc) is 2.77. The van der Waals surface area contributed by atoms with Crippen molar-refractivity contribution in [3.05, 3.63) is 34.9 Å².